The third-order valence-corrected chi connectivity index (χ3v) is 2.17. The van der Waals surface area contributed by atoms with Crippen molar-refractivity contribution in [1.82, 2.24) is 0 Å². The second-order valence-electron chi connectivity index (χ2n) is 1.17. The van der Waals surface area contributed by atoms with Gasteiger partial charge in [0.1, 0.15) is 0 Å². The minimum absolute atomic E-state index is 0.194. The first kappa shape index (κ1) is 6.16. The molecule has 0 atom stereocenters. The van der Waals surface area contributed by atoms with Crippen molar-refractivity contribution in [2.24, 2.45) is 0 Å². The molecule has 1 aromatic heterocycles. The predicted octanol–water partition coefficient (Wildman–Crippen LogP) is 2.79. The summed E-state index contributed by atoms with van der Waals surface area (Å²) in [4.78, 5) is 0. The first-order valence-electron chi connectivity index (χ1n) is 1.80. The normalized spacial score (nSPS) is 9.88. The highest BCUT2D eigenvalue weighted by Gasteiger charge is 2.03. The highest BCUT2D eigenvalue weighted by Crippen LogP contribution is 2.23. The lowest BCUT2D eigenvalue weighted by molar-refractivity contribution is 0.650. The van der Waals surface area contributed by atoms with E-state index < -0.39 is 10.3 Å². The van der Waals surface area contributed by atoms with Gasteiger partial charge in [-0.25, -0.2) is 0 Å². The Labute approximate surface area is 57.3 Å². The quantitative estimate of drug-likeness (QED) is 0.602. The predicted molar refractivity (Wildman–Crippen MR) is 31.9 cm³/mol. The van der Waals surface area contributed by atoms with Crippen LogP contribution < -0.4 is 0 Å². The molecule has 1 rings (SSSR count). The van der Waals surface area contributed by atoms with E-state index in [1.807, 2.05) is 0 Å². The SMILES string of the molecule is Fc1cc(Br)c(F)s1. The molecule has 1 heterocycles. The minimum Gasteiger partial charge on any atom is -0.195 e. The lowest BCUT2D eigenvalue weighted by Crippen LogP contribution is -1.54. The standard InChI is InChI=1S/C4HBrF2S/c5-2-1-3(6)8-4(2)7/h1H. The van der Waals surface area contributed by atoms with Gasteiger partial charge in [-0.1, -0.05) is 11.3 Å². The van der Waals surface area contributed by atoms with Gasteiger partial charge in [-0.15, -0.1) is 0 Å². The zero-order valence-electron chi connectivity index (χ0n) is 3.62. The van der Waals surface area contributed by atoms with E-state index in [9.17, 15) is 8.78 Å². The molecule has 0 N–H and O–H groups in total. The molecule has 4 heteroatoms. The van der Waals surface area contributed by atoms with Crippen LogP contribution in [0.2, 0.25) is 0 Å². The van der Waals surface area contributed by atoms with Gasteiger partial charge in [0, 0.05) is 6.07 Å². The van der Waals surface area contributed by atoms with E-state index in [-0.39, 0.29) is 4.47 Å². The summed E-state index contributed by atoms with van der Waals surface area (Å²) in [5.74, 6) is 0. The summed E-state index contributed by atoms with van der Waals surface area (Å²) >= 11 is 3.30. The van der Waals surface area contributed by atoms with Crippen molar-refractivity contribution < 1.29 is 8.78 Å². The molecule has 0 radical (unpaired) electrons. The highest BCUT2D eigenvalue weighted by atomic mass is 79.9. The van der Waals surface area contributed by atoms with E-state index in [1.54, 1.807) is 0 Å². The summed E-state index contributed by atoms with van der Waals surface area (Å²) in [5.41, 5.74) is 0. The average Bonchev–Trinajstić information content (AvgIpc) is 1.85. The van der Waals surface area contributed by atoms with Crippen LogP contribution in [0.15, 0.2) is 10.5 Å². The second-order valence-corrected chi connectivity index (χ2v) is 2.98. The molecule has 0 aromatic carbocycles. The second kappa shape index (κ2) is 2.11. The monoisotopic (exact) mass is 198 g/mol. The Morgan fingerprint density at radius 1 is 1.50 bits per heavy atom. The van der Waals surface area contributed by atoms with Crippen LogP contribution in [0.1, 0.15) is 0 Å². The fourth-order valence-corrected chi connectivity index (χ4v) is 1.42. The van der Waals surface area contributed by atoms with Gasteiger partial charge in [0.05, 0.1) is 4.47 Å². The van der Waals surface area contributed by atoms with Crippen LogP contribution in [0.3, 0.4) is 0 Å². The average molecular weight is 199 g/mol. The number of hydrogen-bond acceptors (Lipinski definition) is 1. The summed E-state index contributed by atoms with van der Waals surface area (Å²) < 4.78 is 24.2. The number of halogens is 3. The van der Waals surface area contributed by atoms with Gasteiger partial charge >= 0.3 is 0 Å². The van der Waals surface area contributed by atoms with Gasteiger partial charge in [-0.05, 0) is 15.9 Å². The zero-order chi connectivity index (χ0) is 6.15. The minimum atomic E-state index is -0.512. The van der Waals surface area contributed by atoms with E-state index >= 15 is 0 Å². The summed E-state index contributed by atoms with van der Waals surface area (Å²) in [6.45, 7) is 0. The fraction of sp³-hybridized carbons (Fsp3) is 0. The van der Waals surface area contributed by atoms with Gasteiger partial charge in [0.25, 0.3) is 0 Å². The third kappa shape index (κ3) is 1.06. The molecule has 0 saturated carbocycles. The first-order valence-corrected chi connectivity index (χ1v) is 3.41. The van der Waals surface area contributed by atoms with E-state index in [2.05, 4.69) is 15.9 Å². The summed E-state index contributed by atoms with van der Waals surface area (Å²) in [7, 11) is 0. The van der Waals surface area contributed by atoms with Crippen LogP contribution in [0.4, 0.5) is 8.78 Å². The Morgan fingerprint density at radius 2 is 2.12 bits per heavy atom. The maximum Gasteiger partial charge on any atom is 0.193 e. The molecule has 0 fully saturated rings. The van der Waals surface area contributed by atoms with E-state index in [0.717, 1.165) is 6.07 Å². The molecule has 0 aliphatic heterocycles. The van der Waals surface area contributed by atoms with Crippen molar-refractivity contribution in [3.8, 4) is 0 Å². The van der Waals surface area contributed by atoms with Crippen LogP contribution in [0.5, 0.6) is 0 Å². The first-order chi connectivity index (χ1) is 3.70. The van der Waals surface area contributed by atoms with E-state index in [0.29, 0.717) is 11.3 Å². The summed E-state index contributed by atoms with van der Waals surface area (Å²) in [6, 6.07) is 1.10. The van der Waals surface area contributed by atoms with Gasteiger partial charge in [0.2, 0.25) is 0 Å². The van der Waals surface area contributed by atoms with Crippen LogP contribution in [-0.4, -0.2) is 0 Å². The Kier molecular flexibility index (Phi) is 1.62. The van der Waals surface area contributed by atoms with Crippen molar-refractivity contribution in [2.75, 3.05) is 0 Å². The molecule has 0 aliphatic carbocycles. The molecule has 8 heavy (non-hydrogen) atoms. The lowest BCUT2D eigenvalue weighted by Gasteiger charge is -1.71. The van der Waals surface area contributed by atoms with Gasteiger partial charge in [0.15, 0.2) is 10.3 Å². The largest absolute Gasteiger partial charge is 0.195 e. The number of thiophene rings is 1. The van der Waals surface area contributed by atoms with Crippen molar-refractivity contribution in [2.45, 2.75) is 0 Å². The van der Waals surface area contributed by atoms with Crippen LogP contribution in [0.25, 0.3) is 0 Å². The molecular formula is C4HBrF2S. The Morgan fingerprint density at radius 3 is 2.25 bits per heavy atom. The Hall–Kier alpha value is 0.0400. The van der Waals surface area contributed by atoms with Crippen LogP contribution in [-0.2, 0) is 0 Å². The van der Waals surface area contributed by atoms with Gasteiger partial charge in [-0.2, -0.15) is 8.78 Å². The molecule has 0 unspecified atom stereocenters. The number of rotatable bonds is 0. The van der Waals surface area contributed by atoms with Gasteiger partial charge in [-0.3, -0.25) is 0 Å². The molecule has 0 aliphatic rings. The van der Waals surface area contributed by atoms with E-state index in [4.69, 9.17) is 0 Å². The topological polar surface area (TPSA) is 0 Å². The molecule has 0 spiro atoms. The highest BCUT2D eigenvalue weighted by molar-refractivity contribution is 9.10. The van der Waals surface area contributed by atoms with Crippen LogP contribution in [0, 0.1) is 10.3 Å². The summed E-state index contributed by atoms with van der Waals surface area (Å²) in [6.07, 6.45) is 0. The lowest BCUT2D eigenvalue weighted by atomic mass is 10.7. The van der Waals surface area contributed by atoms with Crippen molar-refractivity contribution in [3.05, 3.63) is 20.8 Å². The Bertz CT molecular complexity index is 176. The summed E-state index contributed by atoms with van der Waals surface area (Å²) in [5, 5.41) is -1.02. The maximum absolute atomic E-state index is 12.1. The van der Waals surface area contributed by atoms with Crippen molar-refractivity contribution in [3.63, 3.8) is 0 Å². The van der Waals surface area contributed by atoms with Crippen molar-refractivity contribution >= 4 is 27.3 Å². The van der Waals surface area contributed by atoms with E-state index in [1.165, 1.54) is 0 Å². The fourth-order valence-electron chi connectivity index (χ4n) is 0.320. The van der Waals surface area contributed by atoms with Crippen LogP contribution >= 0.6 is 27.3 Å². The molecular weight excluding hydrogens is 198 g/mol. The zero-order valence-corrected chi connectivity index (χ0v) is 6.02. The van der Waals surface area contributed by atoms with Crippen molar-refractivity contribution in [1.29, 1.82) is 0 Å². The Balaban J connectivity index is 3.14. The maximum atomic E-state index is 12.1. The molecule has 1 aromatic rings. The number of hydrogen-bond donors (Lipinski definition) is 0. The van der Waals surface area contributed by atoms with Gasteiger partial charge < -0.3 is 0 Å². The third-order valence-electron chi connectivity index (χ3n) is 0.615. The smallest absolute Gasteiger partial charge is 0.193 e. The molecule has 0 saturated heterocycles. The molecule has 0 nitrogen and oxygen atoms in total. The molecule has 44 valence electrons. The molecule has 0 amide bonds. The molecule has 0 bridgehead atoms.